The van der Waals surface area contributed by atoms with Gasteiger partial charge >= 0.3 is 0 Å². The zero-order chi connectivity index (χ0) is 14.9. The molecule has 0 radical (unpaired) electrons. The SMILES string of the molecule is Cc1nc(NS(=O)(=O)c2ccc3c(c2)OCCCO3)n[nH]1. The van der Waals surface area contributed by atoms with Gasteiger partial charge in [-0.25, -0.2) is 13.1 Å². The third-order valence-electron chi connectivity index (χ3n) is 2.85. The Morgan fingerprint density at radius 2 is 2.00 bits per heavy atom. The first-order valence-electron chi connectivity index (χ1n) is 6.36. The quantitative estimate of drug-likeness (QED) is 0.878. The Morgan fingerprint density at radius 1 is 1.24 bits per heavy atom. The molecule has 2 aromatic rings. The van der Waals surface area contributed by atoms with Gasteiger partial charge < -0.3 is 9.47 Å². The molecule has 8 nitrogen and oxygen atoms in total. The summed E-state index contributed by atoms with van der Waals surface area (Å²) in [6.45, 7) is 2.72. The van der Waals surface area contributed by atoms with Gasteiger partial charge in [-0.1, -0.05) is 0 Å². The van der Waals surface area contributed by atoms with Crippen LogP contribution in [0.5, 0.6) is 11.5 Å². The molecular formula is C12H14N4O4S. The van der Waals surface area contributed by atoms with Crippen LogP contribution in [0.2, 0.25) is 0 Å². The third kappa shape index (κ3) is 2.92. The molecule has 2 N–H and O–H groups in total. The van der Waals surface area contributed by atoms with E-state index < -0.39 is 10.0 Å². The van der Waals surface area contributed by atoms with E-state index in [-0.39, 0.29) is 10.8 Å². The molecule has 1 aliphatic rings. The maximum atomic E-state index is 12.3. The van der Waals surface area contributed by atoms with E-state index in [0.29, 0.717) is 30.5 Å². The second-order valence-electron chi connectivity index (χ2n) is 4.51. The van der Waals surface area contributed by atoms with Gasteiger partial charge in [0.25, 0.3) is 16.0 Å². The summed E-state index contributed by atoms with van der Waals surface area (Å²) >= 11 is 0. The predicted octanol–water partition coefficient (Wildman–Crippen LogP) is 1.08. The number of aryl methyl sites for hydroxylation is 1. The lowest BCUT2D eigenvalue weighted by molar-refractivity contribution is 0.297. The number of rotatable bonds is 3. The number of fused-ring (bicyclic) bond motifs is 1. The van der Waals surface area contributed by atoms with Crippen molar-refractivity contribution < 1.29 is 17.9 Å². The van der Waals surface area contributed by atoms with Crippen LogP contribution in [0.15, 0.2) is 23.1 Å². The van der Waals surface area contributed by atoms with Crippen LogP contribution in [0.1, 0.15) is 12.2 Å². The number of nitrogens with one attached hydrogen (secondary N) is 2. The first kappa shape index (κ1) is 13.7. The van der Waals surface area contributed by atoms with E-state index in [0.717, 1.165) is 6.42 Å². The molecule has 0 saturated heterocycles. The van der Waals surface area contributed by atoms with Gasteiger partial charge in [0.1, 0.15) is 5.82 Å². The van der Waals surface area contributed by atoms with Crippen molar-refractivity contribution >= 4 is 16.0 Å². The van der Waals surface area contributed by atoms with Gasteiger partial charge in [0.15, 0.2) is 11.5 Å². The molecule has 0 spiro atoms. The highest BCUT2D eigenvalue weighted by molar-refractivity contribution is 7.92. The van der Waals surface area contributed by atoms with E-state index in [4.69, 9.17) is 9.47 Å². The Labute approximate surface area is 121 Å². The molecule has 1 aliphatic heterocycles. The van der Waals surface area contributed by atoms with Crippen LogP contribution in [0.4, 0.5) is 5.95 Å². The minimum atomic E-state index is -3.78. The van der Waals surface area contributed by atoms with Gasteiger partial charge in [0.2, 0.25) is 0 Å². The third-order valence-corrected chi connectivity index (χ3v) is 4.18. The largest absolute Gasteiger partial charge is 0.490 e. The molecule has 0 aliphatic carbocycles. The van der Waals surface area contributed by atoms with Gasteiger partial charge in [-0.05, 0) is 19.1 Å². The fourth-order valence-electron chi connectivity index (χ4n) is 1.88. The van der Waals surface area contributed by atoms with Crippen molar-refractivity contribution in [3.63, 3.8) is 0 Å². The lowest BCUT2D eigenvalue weighted by Crippen LogP contribution is -2.14. The van der Waals surface area contributed by atoms with Crippen molar-refractivity contribution in [1.29, 1.82) is 0 Å². The first-order valence-corrected chi connectivity index (χ1v) is 7.84. The fourth-order valence-corrected chi connectivity index (χ4v) is 2.84. The summed E-state index contributed by atoms with van der Waals surface area (Å²) in [5.41, 5.74) is 0. The summed E-state index contributed by atoms with van der Waals surface area (Å²) < 4.78 is 37.8. The van der Waals surface area contributed by atoms with Crippen LogP contribution >= 0.6 is 0 Å². The van der Waals surface area contributed by atoms with Gasteiger partial charge in [-0.2, -0.15) is 4.98 Å². The number of aromatic amines is 1. The predicted molar refractivity (Wildman–Crippen MR) is 74.0 cm³/mol. The lowest BCUT2D eigenvalue weighted by atomic mass is 10.3. The van der Waals surface area contributed by atoms with E-state index in [1.54, 1.807) is 13.0 Å². The van der Waals surface area contributed by atoms with Crippen molar-refractivity contribution in [2.75, 3.05) is 17.9 Å². The van der Waals surface area contributed by atoms with Gasteiger partial charge in [-0.3, -0.25) is 5.10 Å². The Morgan fingerprint density at radius 3 is 2.71 bits per heavy atom. The summed E-state index contributed by atoms with van der Waals surface area (Å²) in [5.74, 6) is 1.48. The van der Waals surface area contributed by atoms with E-state index in [9.17, 15) is 8.42 Å². The molecule has 0 fully saturated rings. The Bertz CT molecular complexity index is 756. The maximum absolute atomic E-state index is 12.3. The molecular weight excluding hydrogens is 296 g/mol. The number of hydrogen-bond donors (Lipinski definition) is 2. The normalized spacial score (nSPS) is 14.5. The number of ether oxygens (including phenoxy) is 2. The monoisotopic (exact) mass is 310 g/mol. The average molecular weight is 310 g/mol. The smallest absolute Gasteiger partial charge is 0.264 e. The second-order valence-corrected chi connectivity index (χ2v) is 6.19. The highest BCUT2D eigenvalue weighted by atomic mass is 32.2. The Balaban J connectivity index is 1.90. The number of H-pyrrole nitrogens is 1. The lowest BCUT2D eigenvalue weighted by Gasteiger charge is -2.10. The van der Waals surface area contributed by atoms with Crippen molar-refractivity contribution in [1.82, 2.24) is 15.2 Å². The zero-order valence-corrected chi connectivity index (χ0v) is 12.1. The molecule has 1 aromatic heterocycles. The fraction of sp³-hybridized carbons (Fsp3) is 0.333. The Kier molecular flexibility index (Phi) is 3.42. The van der Waals surface area contributed by atoms with Gasteiger partial charge in [-0.15, -0.1) is 5.10 Å². The number of benzene rings is 1. The highest BCUT2D eigenvalue weighted by Gasteiger charge is 2.20. The standard InChI is InChI=1S/C12H14N4O4S/c1-8-13-12(15-14-8)16-21(17,18)9-3-4-10-11(7-9)20-6-2-5-19-10/h3-4,7H,2,5-6H2,1H3,(H2,13,14,15,16). The van der Waals surface area contributed by atoms with E-state index in [1.807, 2.05) is 0 Å². The molecule has 0 atom stereocenters. The molecule has 0 amide bonds. The van der Waals surface area contributed by atoms with E-state index in [1.165, 1.54) is 12.1 Å². The second kappa shape index (κ2) is 5.24. The minimum Gasteiger partial charge on any atom is -0.490 e. The topological polar surface area (TPSA) is 106 Å². The van der Waals surface area contributed by atoms with E-state index >= 15 is 0 Å². The average Bonchev–Trinajstić information content (AvgIpc) is 2.72. The van der Waals surface area contributed by atoms with Crippen molar-refractivity contribution in [3.8, 4) is 11.5 Å². The summed E-state index contributed by atoms with van der Waals surface area (Å²) in [6, 6.07) is 4.47. The minimum absolute atomic E-state index is 0.000360. The summed E-state index contributed by atoms with van der Waals surface area (Å²) in [4.78, 5) is 3.98. The number of sulfonamides is 1. The maximum Gasteiger partial charge on any atom is 0.264 e. The number of hydrogen-bond acceptors (Lipinski definition) is 6. The molecule has 3 rings (SSSR count). The number of anilines is 1. The van der Waals surface area contributed by atoms with Crippen LogP contribution in [0.3, 0.4) is 0 Å². The molecule has 1 aromatic carbocycles. The molecule has 0 saturated carbocycles. The number of aromatic nitrogens is 3. The van der Waals surface area contributed by atoms with Crippen molar-refractivity contribution in [3.05, 3.63) is 24.0 Å². The first-order chi connectivity index (χ1) is 10.0. The highest BCUT2D eigenvalue weighted by Crippen LogP contribution is 2.32. The number of nitrogens with zero attached hydrogens (tertiary/aromatic N) is 2. The Hall–Kier alpha value is -2.29. The molecule has 9 heteroatoms. The van der Waals surface area contributed by atoms with Crippen LogP contribution in [0, 0.1) is 6.92 Å². The van der Waals surface area contributed by atoms with Crippen LogP contribution in [0.25, 0.3) is 0 Å². The molecule has 2 heterocycles. The van der Waals surface area contributed by atoms with Crippen LogP contribution in [-0.4, -0.2) is 36.8 Å². The van der Waals surface area contributed by atoms with Crippen molar-refractivity contribution in [2.45, 2.75) is 18.2 Å². The van der Waals surface area contributed by atoms with Gasteiger partial charge in [0, 0.05) is 12.5 Å². The summed E-state index contributed by atoms with van der Waals surface area (Å²) in [6.07, 6.45) is 0.755. The van der Waals surface area contributed by atoms with Crippen LogP contribution < -0.4 is 14.2 Å². The van der Waals surface area contributed by atoms with Gasteiger partial charge in [0.05, 0.1) is 18.1 Å². The summed E-state index contributed by atoms with van der Waals surface area (Å²) in [7, 11) is -3.78. The zero-order valence-electron chi connectivity index (χ0n) is 11.3. The molecule has 0 bridgehead atoms. The van der Waals surface area contributed by atoms with E-state index in [2.05, 4.69) is 19.9 Å². The van der Waals surface area contributed by atoms with Crippen LogP contribution in [-0.2, 0) is 10.0 Å². The molecule has 0 unspecified atom stereocenters. The molecule has 21 heavy (non-hydrogen) atoms. The summed E-state index contributed by atoms with van der Waals surface area (Å²) in [5, 5.41) is 6.31. The van der Waals surface area contributed by atoms with Crippen molar-refractivity contribution in [2.24, 2.45) is 0 Å². The molecule has 112 valence electrons.